The molecular formula is C23H18ClN3O2. The Kier molecular flexibility index (Phi) is 5.14. The van der Waals surface area contributed by atoms with E-state index in [0.717, 1.165) is 16.5 Å². The van der Waals surface area contributed by atoms with Crippen LogP contribution in [-0.2, 0) is 11.3 Å². The normalized spacial score (nSPS) is 10.8. The zero-order chi connectivity index (χ0) is 20.4. The third kappa shape index (κ3) is 3.91. The predicted octanol–water partition coefficient (Wildman–Crippen LogP) is 4.66. The second kappa shape index (κ2) is 7.89. The summed E-state index contributed by atoms with van der Waals surface area (Å²) in [6.07, 6.45) is 0. The standard InChI is InChI=1S/C23H18ClN3O2/c1-15-11-12-19(18(24)13-15)25-21(28)14-27-20-10-6-5-9-17(20)22(26-23(27)29)16-7-3-2-4-8-16/h2-13H,14H2,1H3,(H,25,28). The van der Waals surface area contributed by atoms with E-state index in [4.69, 9.17) is 11.6 Å². The first kappa shape index (κ1) is 18.9. The van der Waals surface area contributed by atoms with Gasteiger partial charge in [-0.25, -0.2) is 4.79 Å². The zero-order valence-corrected chi connectivity index (χ0v) is 16.5. The predicted molar refractivity (Wildman–Crippen MR) is 116 cm³/mol. The van der Waals surface area contributed by atoms with E-state index in [9.17, 15) is 9.59 Å². The Morgan fingerprint density at radius 3 is 2.52 bits per heavy atom. The summed E-state index contributed by atoms with van der Waals surface area (Å²) >= 11 is 6.20. The van der Waals surface area contributed by atoms with Gasteiger partial charge in [0.1, 0.15) is 6.54 Å². The Hall–Kier alpha value is -3.44. The number of para-hydroxylation sites is 1. The van der Waals surface area contributed by atoms with Gasteiger partial charge in [-0.05, 0) is 30.7 Å². The van der Waals surface area contributed by atoms with Gasteiger partial charge < -0.3 is 5.32 Å². The maximum absolute atomic E-state index is 12.8. The number of hydrogen-bond donors (Lipinski definition) is 1. The number of aromatic nitrogens is 2. The van der Waals surface area contributed by atoms with Gasteiger partial charge in [-0.2, -0.15) is 4.98 Å². The van der Waals surface area contributed by atoms with Crippen molar-refractivity contribution in [3.8, 4) is 11.3 Å². The van der Waals surface area contributed by atoms with Crippen molar-refractivity contribution in [2.45, 2.75) is 13.5 Å². The summed E-state index contributed by atoms with van der Waals surface area (Å²) in [5.41, 5.74) is 3.13. The highest BCUT2D eigenvalue weighted by Crippen LogP contribution is 2.25. The summed E-state index contributed by atoms with van der Waals surface area (Å²) in [6.45, 7) is 1.76. The van der Waals surface area contributed by atoms with Crippen molar-refractivity contribution in [1.29, 1.82) is 0 Å². The van der Waals surface area contributed by atoms with Gasteiger partial charge in [0.05, 0.1) is 21.9 Å². The maximum Gasteiger partial charge on any atom is 0.349 e. The molecular weight excluding hydrogens is 386 g/mol. The second-order valence-corrected chi connectivity index (χ2v) is 7.15. The van der Waals surface area contributed by atoms with Crippen molar-refractivity contribution in [1.82, 2.24) is 9.55 Å². The maximum atomic E-state index is 12.8. The molecule has 0 atom stereocenters. The van der Waals surface area contributed by atoms with Crippen LogP contribution in [0.3, 0.4) is 0 Å². The average Bonchev–Trinajstić information content (AvgIpc) is 2.72. The highest BCUT2D eigenvalue weighted by atomic mass is 35.5. The molecule has 144 valence electrons. The van der Waals surface area contributed by atoms with Crippen molar-refractivity contribution < 1.29 is 4.79 Å². The molecule has 0 radical (unpaired) electrons. The molecule has 1 N–H and O–H groups in total. The van der Waals surface area contributed by atoms with Gasteiger partial charge in [0.2, 0.25) is 5.91 Å². The molecule has 0 unspecified atom stereocenters. The first-order valence-corrected chi connectivity index (χ1v) is 9.52. The third-order valence-electron chi connectivity index (χ3n) is 4.64. The summed E-state index contributed by atoms with van der Waals surface area (Å²) in [6, 6.07) is 22.3. The lowest BCUT2D eigenvalue weighted by Crippen LogP contribution is -2.30. The minimum absolute atomic E-state index is 0.161. The van der Waals surface area contributed by atoms with Gasteiger partial charge in [-0.3, -0.25) is 9.36 Å². The molecule has 6 heteroatoms. The van der Waals surface area contributed by atoms with Crippen molar-refractivity contribution in [2.24, 2.45) is 0 Å². The molecule has 4 aromatic rings. The van der Waals surface area contributed by atoms with Gasteiger partial charge >= 0.3 is 5.69 Å². The van der Waals surface area contributed by atoms with Crippen molar-refractivity contribution in [3.05, 3.63) is 93.9 Å². The Balaban J connectivity index is 1.72. The van der Waals surface area contributed by atoms with Crippen LogP contribution in [0.25, 0.3) is 22.2 Å². The summed E-state index contributed by atoms with van der Waals surface area (Å²) in [5.74, 6) is -0.350. The lowest BCUT2D eigenvalue weighted by Gasteiger charge is -2.13. The van der Waals surface area contributed by atoms with Gasteiger partial charge in [0.15, 0.2) is 0 Å². The molecule has 0 bridgehead atoms. The van der Waals surface area contributed by atoms with E-state index in [1.807, 2.05) is 67.6 Å². The lowest BCUT2D eigenvalue weighted by molar-refractivity contribution is -0.116. The van der Waals surface area contributed by atoms with E-state index in [2.05, 4.69) is 10.3 Å². The zero-order valence-electron chi connectivity index (χ0n) is 15.7. The van der Waals surface area contributed by atoms with Crippen LogP contribution in [0.5, 0.6) is 0 Å². The van der Waals surface area contributed by atoms with Crippen LogP contribution in [0, 0.1) is 6.92 Å². The van der Waals surface area contributed by atoms with Crippen LogP contribution in [0.15, 0.2) is 77.6 Å². The monoisotopic (exact) mass is 403 g/mol. The molecule has 0 aliphatic rings. The Bertz CT molecular complexity index is 1270. The molecule has 0 saturated heterocycles. The van der Waals surface area contributed by atoms with Crippen molar-refractivity contribution in [2.75, 3.05) is 5.32 Å². The number of anilines is 1. The van der Waals surface area contributed by atoms with Gasteiger partial charge in [0.25, 0.3) is 0 Å². The number of benzene rings is 3. The molecule has 0 aliphatic heterocycles. The highest BCUT2D eigenvalue weighted by Gasteiger charge is 2.15. The quantitative estimate of drug-likeness (QED) is 0.538. The molecule has 3 aromatic carbocycles. The number of halogens is 1. The first-order chi connectivity index (χ1) is 14.0. The van der Waals surface area contributed by atoms with E-state index in [0.29, 0.717) is 21.9 Å². The molecule has 0 aliphatic carbocycles. The molecule has 4 rings (SSSR count). The number of carbonyl (C=O) groups is 1. The Morgan fingerprint density at radius 1 is 1.03 bits per heavy atom. The smallest absolute Gasteiger partial charge is 0.323 e. The Morgan fingerprint density at radius 2 is 1.76 bits per heavy atom. The minimum atomic E-state index is -0.479. The fourth-order valence-corrected chi connectivity index (χ4v) is 3.53. The number of nitrogens with one attached hydrogen (secondary N) is 1. The fourth-order valence-electron chi connectivity index (χ4n) is 3.25. The Labute approximate surface area is 172 Å². The van der Waals surface area contributed by atoms with Crippen LogP contribution in [0.4, 0.5) is 5.69 Å². The fraction of sp³-hybridized carbons (Fsp3) is 0.0870. The second-order valence-electron chi connectivity index (χ2n) is 6.74. The van der Waals surface area contributed by atoms with E-state index >= 15 is 0 Å². The van der Waals surface area contributed by atoms with Gasteiger partial charge in [-0.15, -0.1) is 0 Å². The summed E-state index contributed by atoms with van der Waals surface area (Å²) < 4.78 is 1.37. The van der Waals surface area contributed by atoms with Crippen LogP contribution in [-0.4, -0.2) is 15.5 Å². The molecule has 0 spiro atoms. The number of nitrogens with zero attached hydrogens (tertiary/aromatic N) is 2. The highest BCUT2D eigenvalue weighted by molar-refractivity contribution is 6.33. The number of hydrogen-bond acceptors (Lipinski definition) is 3. The molecule has 0 saturated carbocycles. The molecule has 5 nitrogen and oxygen atoms in total. The van der Waals surface area contributed by atoms with Gasteiger partial charge in [0, 0.05) is 10.9 Å². The number of aryl methyl sites for hydroxylation is 1. The summed E-state index contributed by atoms with van der Waals surface area (Å²) in [4.78, 5) is 29.6. The molecule has 1 amide bonds. The van der Waals surface area contributed by atoms with Crippen molar-refractivity contribution in [3.63, 3.8) is 0 Å². The SMILES string of the molecule is Cc1ccc(NC(=O)Cn2c(=O)nc(-c3ccccc3)c3ccccc32)c(Cl)c1. The molecule has 0 fully saturated rings. The molecule has 1 heterocycles. The summed E-state index contributed by atoms with van der Waals surface area (Å²) in [5, 5.41) is 4.02. The number of carbonyl (C=O) groups excluding carboxylic acids is 1. The largest absolute Gasteiger partial charge is 0.349 e. The van der Waals surface area contributed by atoms with Gasteiger partial charge in [-0.1, -0.05) is 66.2 Å². The average molecular weight is 404 g/mol. The van der Waals surface area contributed by atoms with E-state index in [1.54, 1.807) is 12.1 Å². The van der Waals surface area contributed by atoms with Crippen LogP contribution in [0.1, 0.15) is 5.56 Å². The molecule has 29 heavy (non-hydrogen) atoms. The minimum Gasteiger partial charge on any atom is -0.323 e. The van der Waals surface area contributed by atoms with Crippen LogP contribution in [0.2, 0.25) is 5.02 Å². The number of rotatable bonds is 4. The summed E-state index contributed by atoms with van der Waals surface area (Å²) in [7, 11) is 0. The molecule has 1 aromatic heterocycles. The third-order valence-corrected chi connectivity index (χ3v) is 4.95. The van der Waals surface area contributed by atoms with Crippen LogP contribution >= 0.6 is 11.6 Å². The topological polar surface area (TPSA) is 64.0 Å². The van der Waals surface area contributed by atoms with Crippen LogP contribution < -0.4 is 11.0 Å². The number of fused-ring (bicyclic) bond motifs is 1. The number of amides is 1. The first-order valence-electron chi connectivity index (χ1n) is 9.14. The van der Waals surface area contributed by atoms with E-state index in [-0.39, 0.29) is 12.5 Å². The van der Waals surface area contributed by atoms with Crippen molar-refractivity contribution >= 4 is 34.1 Å². The van der Waals surface area contributed by atoms with E-state index in [1.165, 1.54) is 4.57 Å². The lowest BCUT2D eigenvalue weighted by atomic mass is 10.1. The van der Waals surface area contributed by atoms with E-state index < -0.39 is 5.69 Å².